The first kappa shape index (κ1) is 13.1. The lowest BCUT2D eigenvalue weighted by Crippen LogP contribution is -2.04. The van der Waals surface area contributed by atoms with E-state index in [1.165, 1.54) is 6.92 Å². The predicted molar refractivity (Wildman–Crippen MR) is 76.1 cm³/mol. The summed E-state index contributed by atoms with van der Waals surface area (Å²) >= 11 is 4.31. The van der Waals surface area contributed by atoms with Gasteiger partial charge in [-0.1, -0.05) is 0 Å². The molecule has 4 heteroatoms. The third-order valence-corrected chi connectivity index (χ3v) is 3.54. The molecule has 0 saturated carbocycles. The topological polar surface area (TPSA) is 34.1 Å². The Labute approximate surface area is 116 Å². The maximum absolute atomic E-state index is 11.8. The summed E-state index contributed by atoms with van der Waals surface area (Å²) in [6.45, 7) is 1.51. The van der Waals surface area contributed by atoms with Crippen molar-refractivity contribution in [2.75, 3.05) is 0 Å². The third-order valence-electron chi connectivity index (χ3n) is 1.93. The Morgan fingerprint density at radius 1 is 1.20 bits per heavy atom. The van der Waals surface area contributed by atoms with Crippen molar-refractivity contribution in [3.63, 3.8) is 0 Å². The Balaban J connectivity index is 2.81. The second-order valence-corrected chi connectivity index (χ2v) is 5.66. The zero-order valence-electron chi connectivity index (χ0n) is 8.22. The van der Waals surface area contributed by atoms with Gasteiger partial charge in [-0.2, -0.15) is 0 Å². The van der Waals surface area contributed by atoms with Crippen molar-refractivity contribution >= 4 is 56.7 Å². The van der Waals surface area contributed by atoms with Gasteiger partial charge in [0.05, 0.1) is 0 Å². The molecule has 80 valence electrons. The molecule has 2 nitrogen and oxygen atoms in total. The average Bonchev–Trinajstić information content (AvgIpc) is 2.18. The van der Waals surface area contributed by atoms with Crippen LogP contribution in [0.3, 0.4) is 0 Å². The van der Waals surface area contributed by atoms with Crippen molar-refractivity contribution in [2.45, 2.75) is 19.8 Å². The van der Waals surface area contributed by atoms with Crippen LogP contribution in [0.5, 0.6) is 0 Å². The summed E-state index contributed by atoms with van der Waals surface area (Å²) in [7, 11) is 0. The first-order chi connectivity index (χ1) is 7.00. The maximum atomic E-state index is 11.8. The molecule has 0 N–H and O–H groups in total. The maximum Gasteiger partial charge on any atom is 0.164 e. The Hall–Kier alpha value is 0.0200. The number of halogens is 2. The van der Waals surface area contributed by atoms with Gasteiger partial charge >= 0.3 is 0 Å². The van der Waals surface area contributed by atoms with Crippen LogP contribution < -0.4 is 0 Å². The highest BCUT2D eigenvalue weighted by Crippen LogP contribution is 2.18. The lowest BCUT2D eigenvalue weighted by molar-refractivity contribution is -0.116. The number of rotatable bonds is 4. The van der Waals surface area contributed by atoms with Crippen LogP contribution in [-0.2, 0) is 4.79 Å². The summed E-state index contributed by atoms with van der Waals surface area (Å²) in [5.74, 6) is 0.108. The van der Waals surface area contributed by atoms with Gasteiger partial charge in [-0.25, -0.2) is 0 Å². The van der Waals surface area contributed by atoms with Crippen molar-refractivity contribution in [3.8, 4) is 0 Å². The Kier molecular flexibility index (Phi) is 5.17. The van der Waals surface area contributed by atoms with E-state index in [9.17, 15) is 9.59 Å². The van der Waals surface area contributed by atoms with Gasteiger partial charge in [0.25, 0.3) is 0 Å². The van der Waals surface area contributed by atoms with Crippen LogP contribution in [0.15, 0.2) is 18.2 Å². The molecule has 0 bridgehead atoms. The fourth-order valence-electron chi connectivity index (χ4n) is 1.14. The highest BCUT2D eigenvalue weighted by Gasteiger charge is 2.11. The number of carbonyl (C=O) groups excluding carboxylic acids is 2. The summed E-state index contributed by atoms with van der Waals surface area (Å²) in [6, 6.07) is 5.75. The summed E-state index contributed by atoms with van der Waals surface area (Å²) in [4.78, 5) is 22.5. The molecule has 1 rings (SSSR count). The zero-order valence-corrected chi connectivity index (χ0v) is 12.5. The van der Waals surface area contributed by atoms with E-state index in [4.69, 9.17) is 0 Å². The molecule has 0 unspecified atom stereocenters. The molecule has 0 heterocycles. The van der Waals surface area contributed by atoms with Gasteiger partial charge in [0.2, 0.25) is 0 Å². The molecular formula is C11H10I2O2. The Morgan fingerprint density at radius 3 is 2.47 bits per heavy atom. The number of ketones is 2. The molecule has 0 aliphatic heterocycles. The van der Waals surface area contributed by atoms with Gasteiger partial charge in [-0.3, -0.25) is 4.79 Å². The normalized spacial score (nSPS) is 10.1. The van der Waals surface area contributed by atoms with E-state index >= 15 is 0 Å². The van der Waals surface area contributed by atoms with Crippen LogP contribution in [0.2, 0.25) is 0 Å². The highest BCUT2D eigenvalue weighted by atomic mass is 127. The van der Waals surface area contributed by atoms with Crippen LogP contribution in [0.4, 0.5) is 0 Å². The van der Waals surface area contributed by atoms with Gasteiger partial charge in [-0.05, 0) is 70.3 Å². The predicted octanol–water partition coefficient (Wildman–Crippen LogP) is 3.45. The molecule has 15 heavy (non-hydrogen) atoms. The van der Waals surface area contributed by atoms with Crippen LogP contribution >= 0.6 is 45.2 Å². The van der Waals surface area contributed by atoms with E-state index in [1.807, 2.05) is 18.2 Å². The molecule has 1 aromatic carbocycles. The van der Waals surface area contributed by atoms with E-state index < -0.39 is 0 Å². The Bertz CT molecular complexity index is 400. The van der Waals surface area contributed by atoms with Crippen molar-refractivity contribution in [1.82, 2.24) is 0 Å². The summed E-state index contributed by atoms with van der Waals surface area (Å²) in [5, 5.41) is 0. The van der Waals surface area contributed by atoms with Crippen LogP contribution in [0, 0.1) is 7.14 Å². The minimum atomic E-state index is 0.0492. The molecule has 0 aliphatic rings. The highest BCUT2D eigenvalue weighted by molar-refractivity contribution is 14.1. The second-order valence-electron chi connectivity index (χ2n) is 3.25. The smallest absolute Gasteiger partial charge is 0.164 e. The molecular weight excluding hydrogens is 418 g/mol. The quantitative estimate of drug-likeness (QED) is 0.544. The van der Waals surface area contributed by atoms with Gasteiger partial charge in [-0.15, -0.1) is 0 Å². The van der Waals surface area contributed by atoms with Gasteiger partial charge in [0, 0.05) is 25.5 Å². The van der Waals surface area contributed by atoms with Gasteiger partial charge in [0.15, 0.2) is 5.78 Å². The van der Waals surface area contributed by atoms with E-state index in [0.717, 1.165) is 12.7 Å². The Morgan fingerprint density at radius 2 is 1.87 bits per heavy atom. The number of hydrogen-bond donors (Lipinski definition) is 0. The average molecular weight is 428 g/mol. The molecule has 1 aromatic rings. The third kappa shape index (κ3) is 4.18. The standard InChI is InChI=1S/C11H10I2O2/c1-7(14)2-5-11(15)9-6-8(12)3-4-10(9)13/h3-4,6H,2,5H2,1H3. The molecule has 0 aromatic heterocycles. The van der Waals surface area contributed by atoms with Crippen molar-refractivity contribution in [2.24, 2.45) is 0 Å². The summed E-state index contributed by atoms with van der Waals surface area (Å²) in [6.07, 6.45) is 0.645. The lowest BCUT2D eigenvalue weighted by atomic mass is 10.1. The second kappa shape index (κ2) is 5.93. The molecule has 0 radical (unpaired) electrons. The fraction of sp³-hybridized carbons (Fsp3) is 0.273. The van der Waals surface area contributed by atoms with E-state index in [-0.39, 0.29) is 11.6 Å². The minimum Gasteiger partial charge on any atom is -0.300 e. The molecule has 0 amide bonds. The number of Topliss-reactive ketones (excluding diaryl/α,β-unsaturated/α-hetero) is 2. The molecule has 0 aliphatic carbocycles. The summed E-state index contributed by atoms with van der Waals surface area (Å²) < 4.78 is 1.99. The number of carbonyl (C=O) groups is 2. The van der Waals surface area contributed by atoms with Crippen molar-refractivity contribution in [1.29, 1.82) is 0 Å². The van der Waals surface area contributed by atoms with Crippen molar-refractivity contribution < 1.29 is 9.59 Å². The first-order valence-corrected chi connectivity index (χ1v) is 6.64. The number of hydrogen-bond acceptors (Lipinski definition) is 2. The molecule has 0 saturated heterocycles. The fourth-order valence-corrected chi connectivity index (χ4v) is 2.26. The van der Waals surface area contributed by atoms with Crippen LogP contribution in [0.25, 0.3) is 0 Å². The van der Waals surface area contributed by atoms with Gasteiger partial charge < -0.3 is 4.79 Å². The zero-order chi connectivity index (χ0) is 11.4. The monoisotopic (exact) mass is 428 g/mol. The SMILES string of the molecule is CC(=O)CCC(=O)c1cc(I)ccc1I. The van der Waals surface area contributed by atoms with E-state index in [0.29, 0.717) is 12.8 Å². The first-order valence-electron chi connectivity index (χ1n) is 4.48. The van der Waals surface area contributed by atoms with E-state index in [2.05, 4.69) is 45.2 Å². The van der Waals surface area contributed by atoms with E-state index in [1.54, 1.807) is 0 Å². The summed E-state index contributed by atoms with van der Waals surface area (Å²) in [5.41, 5.74) is 0.726. The molecule has 0 atom stereocenters. The lowest BCUT2D eigenvalue weighted by Gasteiger charge is -2.03. The largest absolute Gasteiger partial charge is 0.300 e. The molecule has 0 fully saturated rings. The van der Waals surface area contributed by atoms with Gasteiger partial charge in [0.1, 0.15) is 5.78 Å². The van der Waals surface area contributed by atoms with Crippen molar-refractivity contribution in [3.05, 3.63) is 30.9 Å². The van der Waals surface area contributed by atoms with Crippen LogP contribution in [-0.4, -0.2) is 11.6 Å². The molecule has 0 spiro atoms. The van der Waals surface area contributed by atoms with Crippen LogP contribution in [0.1, 0.15) is 30.1 Å². The minimum absolute atomic E-state index is 0.0492. The number of benzene rings is 1.